The number of amides is 1. The number of carbonyl (C=O) groups is 2. The summed E-state index contributed by atoms with van der Waals surface area (Å²) in [6, 6.07) is 0.854. The van der Waals surface area contributed by atoms with Gasteiger partial charge in [-0.3, -0.25) is 9.59 Å². The number of rotatable bonds is 0. The molecule has 1 aromatic rings. The quantitative estimate of drug-likeness (QED) is 0.573. The number of carbonyl (C=O) groups excluding carboxylic acids is 2. The lowest BCUT2D eigenvalue weighted by Gasteiger charge is -2.02. The van der Waals surface area contributed by atoms with Gasteiger partial charge in [0.2, 0.25) is 0 Å². The maximum Gasteiger partial charge on any atom is 0.297 e. The monoisotopic (exact) mass is 261 g/mol. The molecule has 72 valence electrons. The van der Waals surface area contributed by atoms with Crippen molar-refractivity contribution < 1.29 is 18.4 Å². The maximum absolute atomic E-state index is 13.1. The lowest BCUT2D eigenvalue weighted by atomic mass is 10.1. The van der Waals surface area contributed by atoms with E-state index in [1.54, 1.807) is 0 Å². The summed E-state index contributed by atoms with van der Waals surface area (Å²) < 4.78 is 26.1. The van der Waals surface area contributed by atoms with E-state index in [-0.39, 0.29) is 10.2 Å². The minimum atomic E-state index is -1.30. The Labute approximate surface area is 85.2 Å². The Kier molecular flexibility index (Phi) is 1.88. The molecule has 0 fully saturated rings. The predicted octanol–water partition coefficient (Wildman–Crippen LogP) is 1.86. The molecule has 2 rings (SSSR count). The van der Waals surface area contributed by atoms with Gasteiger partial charge < -0.3 is 5.32 Å². The largest absolute Gasteiger partial charge is 0.317 e. The molecule has 1 aromatic carbocycles. The van der Waals surface area contributed by atoms with Gasteiger partial charge in [-0.1, -0.05) is 0 Å². The van der Waals surface area contributed by atoms with E-state index in [9.17, 15) is 18.4 Å². The van der Waals surface area contributed by atoms with Crippen LogP contribution < -0.4 is 5.32 Å². The second-order valence-corrected chi connectivity index (χ2v) is 3.54. The normalized spacial score (nSPS) is 14.2. The Hall–Kier alpha value is -1.30. The molecule has 1 heterocycles. The van der Waals surface area contributed by atoms with E-state index in [0.717, 1.165) is 6.07 Å². The molecule has 6 heteroatoms. The second kappa shape index (κ2) is 2.84. The van der Waals surface area contributed by atoms with E-state index in [0.29, 0.717) is 0 Å². The van der Waals surface area contributed by atoms with Crippen molar-refractivity contribution in [1.82, 2.24) is 0 Å². The van der Waals surface area contributed by atoms with E-state index in [1.165, 1.54) is 0 Å². The molecule has 0 aromatic heterocycles. The molecule has 0 aliphatic carbocycles. The van der Waals surface area contributed by atoms with Crippen molar-refractivity contribution in [2.45, 2.75) is 0 Å². The fourth-order valence-electron chi connectivity index (χ4n) is 1.21. The molecule has 0 spiro atoms. The highest BCUT2D eigenvalue weighted by Crippen LogP contribution is 2.34. The molecule has 0 unspecified atom stereocenters. The van der Waals surface area contributed by atoms with Crippen LogP contribution in [-0.4, -0.2) is 11.7 Å². The van der Waals surface area contributed by atoms with Crippen LogP contribution in [0.1, 0.15) is 10.4 Å². The van der Waals surface area contributed by atoms with Crippen LogP contribution in [0.25, 0.3) is 0 Å². The Balaban J connectivity index is 2.80. The zero-order valence-corrected chi connectivity index (χ0v) is 8.11. The summed E-state index contributed by atoms with van der Waals surface area (Å²) in [7, 11) is 0. The fourth-order valence-corrected chi connectivity index (χ4v) is 1.71. The van der Waals surface area contributed by atoms with Crippen molar-refractivity contribution in [1.29, 1.82) is 0 Å². The van der Waals surface area contributed by atoms with Crippen molar-refractivity contribution in [3.8, 4) is 0 Å². The van der Waals surface area contributed by atoms with Crippen LogP contribution in [0.3, 0.4) is 0 Å². The number of hydrogen-bond acceptors (Lipinski definition) is 2. The molecule has 1 aliphatic heterocycles. The summed E-state index contributed by atoms with van der Waals surface area (Å²) in [5.74, 6) is -4.48. The molecule has 0 saturated heterocycles. The van der Waals surface area contributed by atoms with Crippen molar-refractivity contribution >= 4 is 33.3 Å². The van der Waals surface area contributed by atoms with Crippen LogP contribution in [-0.2, 0) is 4.79 Å². The third-order valence-corrected chi connectivity index (χ3v) is 2.47. The SMILES string of the molecule is O=C1Nc2c(Br)cc(F)c(F)c2C1=O. The first-order chi connectivity index (χ1) is 6.52. The molecule has 3 nitrogen and oxygen atoms in total. The average Bonchev–Trinajstić information content (AvgIpc) is 2.41. The van der Waals surface area contributed by atoms with Crippen LogP contribution in [0.5, 0.6) is 0 Å². The lowest BCUT2D eigenvalue weighted by Crippen LogP contribution is -2.13. The van der Waals surface area contributed by atoms with Gasteiger partial charge in [-0.15, -0.1) is 0 Å². The smallest absolute Gasteiger partial charge is 0.297 e. The van der Waals surface area contributed by atoms with Crippen molar-refractivity contribution in [3.05, 3.63) is 27.7 Å². The summed E-state index contributed by atoms with van der Waals surface area (Å²) >= 11 is 2.91. The summed E-state index contributed by atoms with van der Waals surface area (Å²) in [5, 5.41) is 2.14. The summed E-state index contributed by atoms with van der Waals surface area (Å²) in [4.78, 5) is 22.0. The molecule has 14 heavy (non-hydrogen) atoms. The van der Waals surface area contributed by atoms with E-state index in [4.69, 9.17) is 0 Å². The Bertz CT molecular complexity index is 473. The first kappa shape index (κ1) is 9.26. The van der Waals surface area contributed by atoms with Gasteiger partial charge in [-0.05, 0) is 22.0 Å². The Morgan fingerprint density at radius 2 is 1.93 bits per heavy atom. The van der Waals surface area contributed by atoms with Crippen LogP contribution in [0.15, 0.2) is 10.5 Å². The van der Waals surface area contributed by atoms with E-state index < -0.39 is 28.9 Å². The zero-order valence-electron chi connectivity index (χ0n) is 6.53. The first-order valence-corrected chi connectivity index (χ1v) is 4.35. The third kappa shape index (κ3) is 1.07. The number of fused-ring (bicyclic) bond motifs is 1. The van der Waals surface area contributed by atoms with Crippen molar-refractivity contribution in [2.24, 2.45) is 0 Å². The minimum absolute atomic E-state index is 0.0149. The summed E-state index contributed by atoms with van der Waals surface area (Å²) in [5.41, 5.74) is -0.555. The van der Waals surface area contributed by atoms with Crippen LogP contribution in [0, 0.1) is 11.6 Å². The summed E-state index contributed by atoms with van der Waals surface area (Å²) in [6.07, 6.45) is 0. The highest BCUT2D eigenvalue weighted by atomic mass is 79.9. The number of benzene rings is 1. The predicted molar refractivity (Wildman–Crippen MR) is 47.0 cm³/mol. The molecule has 1 N–H and O–H groups in total. The molecular formula is C8H2BrF2NO2. The second-order valence-electron chi connectivity index (χ2n) is 2.69. The van der Waals surface area contributed by atoms with Crippen LogP contribution >= 0.6 is 15.9 Å². The molecule has 0 saturated carbocycles. The van der Waals surface area contributed by atoms with Gasteiger partial charge in [0, 0.05) is 4.47 Å². The molecule has 0 radical (unpaired) electrons. The Morgan fingerprint density at radius 3 is 2.57 bits per heavy atom. The standard InChI is InChI=1S/C8H2BrF2NO2/c9-2-1-3(10)5(11)4-6(2)12-8(14)7(4)13/h1H,(H,12,13,14). The minimum Gasteiger partial charge on any atom is -0.317 e. The average molecular weight is 262 g/mol. The van der Waals surface area contributed by atoms with Gasteiger partial charge in [0.05, 0.1) is 11.3 Å². The highest BCUT2D eigenvalue weighted by Gasteiger charge is 2.34. The van der Waals surface area contributed by atoms with Crippen LogP contribution in [0.4, 0.5) is 14.5 Å². The molecule has 1 aliphatic rings. The number of halogens is 3. The van der Waals surface area contributed by atoms with Gasteiger partial charge in [-0.2, -0.15) is 0 Å². The highest BCUT2D eigenvalue weighted by molar-refractivity contribution is 9.10. The molecule has 0 bridgehead atoms. The molecular weight excluding hydrogens is 260 g/mol. The zero-order chi connectivity index (χ0) is 10.5. The van der Waals surface area contributed by atoms with Crippen molar-refractivity contribution in [3.63, 3.8) is 0 Å². The summed E-state index contributed by atoms with van der Waals surface area (Å²) in [6.45, 7) is 0. The number of hydrogen-bond donors (Lipinski definition) is 1. The van der Waals surface area contributed by atoms with Crippen LogP contribution in [0.2, 0.25) is 0 Å². The molecule has 1 amide bonds. The maximum atomic E-state index is 13.1. The third-order valence-electron chi connectivity index (χ3n) is 1.84. The van der Waals surface area contributed by atoms with Gasteiger partial charge in [0.25, 0.3) is 11.7 Å². The van der Waals surface area contributed by atoms with Gasteiger partial charge in [-0.25, -0.2) is 8.78 Å². The van der Waals surface area contributed by atoms with E-state index in [2.05, 4.69) is 21.2 Å². The topological polar surface area (TPSA) is 46.2 Å². The number of nitrogens with one attached hydrogen (secondary N) is 1. The van der Waals surface area contributed by atoms with Crippen molar-refractivity contribution in [2.75, 3.05) is 5.32 Å². The first-order valence-electron chi connectivity index (χ1n) is 3.55. The number of ketones is 1. The fraction of sp³-hybridized carbons (Fsp3) is 0. The van der Waals surface area contributed by atoms with Gasteiger partial charge in [0.1, 0.15) is 0 Å². The van der Waals surface area contributed by atoms with E-state index in [1.807, 2.05) is 0 Å². The lowest BCUT2D eigenvalue weighted by molar-refractivity contribution is -0.112. The number of anilines is 1. The Morgan fingerprint density at radius 1 is 1.29 bits per heavy atom. The van der Waals surface area contributed by atoms with Gasteiger partial charge >= 0.3 is 0 Å². The number of Topliss-reactive ketones (excluding diaryl/α,β-unsaturated/α-hetero) is 1. The molecule has 0 atom stereocenters. The van der Waals surface area contributed by atoms with Gasteiger partial charge in [0.15, 0.2) is 11.6 Å². The van der Waals surface area contributed by atoms with E-state index >= 15 is 0 Å².